The van der Waals surface area contributed by atoms with Crippen molar-refractivity contribution < 1.29 is 23.7 Å². The highest BCUT2D eigenvalue weighted by Gasteiger charge is 2.31. The zero-order valence-electron chi connectivity index (χ0n) is 19.8. The molecule has 1 saturated heterocycles. The van der Waals surface area contributed by atoms with Crippen LogP contribution in [-0.4, -0.2) is 37.2 Å². The maximum Gasteiger partial charge on any atom is 0.308 e. The number of ether oxygens (including phenoxy) is 4. The summed E-state index contributed by atoms with van der Waals surface area (Å²) < 4.78 is 23.8. The number of hydrogen-bond acceptors (Lipinski definition) is 5. The van der Waals surface area contributed by atoms with Crippen LogP contribution in [0.1, 0.15) is 62.5 Å². The molecule has 2 fully saturated rings. The van der Waals surface area contributed by atoms with Crippen molar-refractivity contribution in [1.82, 2.24) is 0 Å². The third-order valence-electron chi connectivity index (χ3n) is 6.43. The van der Waals surface area contributed by atoms with Crippen LogP contribution in [0.3, 0.4) is 0 Å². The second-order valence-electron chi connectivity index (χ2n) is 9.23. The van der Waals surface area contributed by atoms with E-state index in [4.69, 9.17) is 18.9 Å². The molecule has 1 heterocycles. The van der Waals surface area contributed by atoms with E-state index in [1.54, 1.807) is 0 Å². The van der Waals surface area contributed by atoms with Gasteiger partial charge in [-0.15, -0.1) is 0 Å². The average Bonchev–Trinajstić information content (AvgIpc) is 2.87. The maximum absolute atomic E-state index is 12.6. The van der Waals surface area contributed by atoms with Crippen molar-refractivity contribution in [3.8, 4) is 0 Å². The van der Waals surface area contributed by atoms with Gasteiger partial charge in [-0.25, -0.2) is 0 Å². The van der Waals surface area contributed by atoms with E-state index in [2.05, 4.69) is 24.3 Å². The first-order valence-electron chi connectivity index (χ1n) is 12.6. The lowest BCUT2D eigenvalue weighted by atomic mass is 9.97. The third kappa shape index (κ3) is 8.39. The number of benzene rings is 2. The molecule has 1 aliphatic carbocycles. The number of rotatable bonds is 10. The smallest absolute Gasteiger partial charge is 0.308 e. The van der Waals surface area contributed by atoms with E-state index >= 15 is 0 Å². The lowest BCUT2D eigenvalue weighted by molar-refractivity contribution is -0.166. The molecule has 0 N–H and O–H groups in total. The van der Waals surface area contributed by atoms with Crippen LogP contribution >= 0.6 is 0 Å². The second kappa shape index (κ2) is 13.4. The van der Waals surface area contributed by atoms with Gasteiger partial charge < -0.3 is 18.9 Å². The first-order valence-corrected chi connectivity index (χ1v) is 12.6. The largest absolute Gasteiger partial charge is 0.462 e. The number of hydrogen-bond donors (Lipinski definition) is 0. The highest BCUT2D eigenvalue weighted by molar-refractivity contribution is 5.70. The first kappa shape index (κ1) is 24.6. The number of carbonyl (C=O) groups excluding carboxylic acids is 1. The summed E-state index contributed by atoms with van der Waals surface area (Å²) in [4.78, 5) is 12.6. The second-order valence-corrected chi connectivity index (χ2v) is 9.23. The van der Waals surface area contributed by atoms with Gasteiger partial charge in [-0.1, -0.05) is 79.2 Å². The molecule has 5 heteroatoms. The molecule has 0 radical (unpaired) electrons. The minimum absolute atomic E-state index is 0.0394. The highest BCUT2D eigenvalue weighted by Crippen LogP contribution is 2.27. The van der Waals surface area contributed by atoms with Gasteiger partial charge in [-0.2, -0.15) is 0 Å². The Morgan fingerprint density at radius 1 is 0.912 bits per heavy atom. The van der Waals surface area contributed by atoms with Crippen LogP contribution in [0.5, 0.6) is 0 Å². The first-order chi connectivity index (χ1) is 16.7. The molecule has 2 aromatic carbocycles. The van der Waals surface area contributed by atoms with Gasteiger partial charge in [0.25, 0.3) is 0 Å². The minimum atomic E-state index is -0.227. The number of carbonyl (C=O) groups is 1. The summed E-state index contributed by atoms with van der Waals surface area (Å²) in [5, 5.41) is 0. The fourth-order valence-corrected chi connectivity index (χ4v) is 4.66. The van der Waals surface area contributed by atoms with Crippen LogP contribution in [0.15, 0.2) is 66.7 Å². The zero-order chi connectivity index (χ0) is 23.4. The molecular formula is C29H36O5. The number of esters is 1. The van der Waals surface area contributed by atoms with Gasteiger partial charge in [0.15, 0.2) is 0 Å². The quantitative estimate of drug-likeness (QED) is 0.243. The Balaban J connectivity index is 1.30. The van der Waals surface area contributed by atoms with Crippen molar-refractivity contribution in [2.24, 2.45) is 0 Å². The van der Waals surface area contributed by atoms with Gasteiger partial charge in [0.05, 0.1) is 31.3 Å². The molecular weight excluding hydrogens is 428 g/mol. The predicted molar refractivity (Wildman–Crippen MR) is 132 cm³/mol. The summed E-state index contributed by atoms with van der Waals surface area (Å²) in [6, 6.07) is 20.2. The van der Waals surface area contributed by atoms with Crippen molar-refractivity contribution in [2.75, 3.05) is 6.79 Å². The zero-order valence-corrected chi connectivity index (χ0v) is 19.8. The van der Waals surface area contributed by atoms with Gasteiger partial charge >= 0.3 is 5.97 Å². The van der Waals surface area contributed by atoms with Crippen molar-refractivity contribution in [1.29, 1.82) is 0 Å². The summed E-state index contributed by atoms with van der Waals surface area (Å²) in [7, 11) is 0. The molecule has 2 aromatic rings. The van der Waals surface area contributed by atoms with Gasteiger partial charge in [0.2, 0.25) is 0 Å². The summed E-state index contributed by atoms with van der Waals surface area (Å²) in [5.41, 5.74) is 2.23. The standard InChI is InChI=1S/C29H36O5/c30-29(34-25-14-8-3-9-15-25)20-28-19-27(32-22-31-21-24-12-6-2-7-13-24)18-26(33-28)17-16-23-10-4-1-5-11-23/h1-2,4-7,10-13,16-17,25-28H,3,8-9,14-15,18-22H2/b17-16+/t26-,27+,28-/m0/s1. The van der Waals surface area contributed by atoms with Crippen LogP contribution in [0.2, 0.25) is 0 Å². The molecule has 3 atom stereocenters. The average molecular weight is 465 g/mol. The molecule has 1 aliphatic heterocycles. The van der Waals surface area contributed by atoms with E-state index in [1.165, 1.54) is 6.42 Å². The van der Waals surface area contributed by atoms with Crippen molar-refractivity contribution in [2.45, 2.75) is 82.4 Å². The molecule has 2 aliphatic rings. The van der Waals surface area contributed by atoms with Crippen molar-refractivity contribution in [3.05, 3.63) is 77.9 Å². The molecule has 4 rings (SSSR count). The lowest BCUT2D eigenvalue weighted by Gasteiger charge is -2.34. The van der Waals surface area contributed by atoms with Crippen LogP contribution in [-0.2, 0) is 30.3 Å². The van der Waals surface area contributed by atoms with Crippen LogP contribution in [0, 0.1) is 0 Å². The van der Waals surface area contributed by atoms with Crippen molar-refractivity contribution >= 4 is 12.0 Å². The Labute approximate surface area is 203 Å². The SMILES string of the molecule is O=C(C[C@@H]1C[C@H](OCOCc2ccccc2)C[C@H](/C=C/c2ccccc2)O1)OC1CCCCC1. The predicted octanol–water partition coefficient (Wildman–Crippen LogP) is 6.07. The van der Waals surface area contributed by atoms with Gasteiger partial charge in [0, 0.05) is 12.8 Å². The lowest BCUT2D eigenvalue weighted by Crippen LogP contribution is -2.38. The topological polar surface area (TPSA) is 54.0 Å². The fraction of sp³-hybridized carbons (Fsp3) is 0.483. The Bertz CT molecular complexity index is 876. The summed E-state index contributed by atoms with van der Waals surface area (Å²) in [5.74, 6) is -0.163. The normalized spacial score (nSPS) is 23.7. The van der Waals surface area contributed by atoms with E-state index in [9.17, 15) is 4.79 Å². The molecule has 5 nitrogen and oxygen atoms in total. The fourth-order valence-electron chi connectivity index (χ4n) is 4.66. The van der Waals surface area contributed by atoms with E-state index in [0.29, 0.717) is 13.0 Å². The van der Waals surface area contributed by atoms with Crippen LogP contribution in [0.4, 0.5) is 0 Å². The summed E-state index contributed by atoms with van der Waals surface area (Å²) in [6.45, 7) is 0.729. The van der Waals surface area contributed by atoms with Crippen LogP contribution in [0.25, 0.3) is 6.08 Å². The molecule has 0 aromatic heterocycles. The minimum Gasteiger partial charge on any atom is -0.462 e. The Hall–Kier alpha value is -2.47. The maximum atomic E-state index is 12.6. The Morgan fingerprint density at radius 3 is 2.41 bits per heavy atom. The molecule has 0 amide bonds. The van der Waals surface area contributed by atoms with Crippen LogP contribution < -0.4 is 0 Å². The molecule has 0 unspecified atom stereocenters. The molecule has 182 valence electrons. The molecule has 1 saturated carbocycles. The summed E-state index contributed by atoms with van der Waals surface area (Å²) in [6.07, 6.45) is 10.9. The van der Waals surface area contributed by atoms with Gasteiger partial charge in [0.1, 0.15) is 12.9 Å². The van der Waals surface area contributed by atoms with Gasteiger partial charge in [-0.3, -0.25) is 4.79 Å². The Kier molecular flexibility index (Phi) is 9.73. The van der Waals surface area contributed by atoms with Crippen molar-refractivity contribution in [3.63, 3.8) is 0 Å². The third-order valence-corrected chi connectivity index (χ3v) is 6.43. The summed E-state index contributed by atoms with van der Waals surface area (Å²) >= 11 is 0. The van der Waals surface area contributed by atoms with E-state index in [-0.39, 0.29) is 43.6 Å². The molecule has 0 spiro atoms. The Morgan fingerprint density at radius 2 is 1.65 bits per heavy atom. The molecule has 34 heavy (non-hydrogen) atoms. The van der Waals surface area contributed by atoms with Gasteiger partial charge in [-0.05, 0) is 36.8 Å². The highest BCUT2D eigenvalue weighted by atomic mass is 16.7. The monoisotopic (exact) mass is 464 g/mol. The van der Waals surface area contributed by atoms with E-state index < -0.39 is 0 Å². The molecule has 0 bridgehead atoms. The van der Waals surface area contributed by atoms with E-state index in [1.807, 2.05) is 48.5 Å². The van der Waals surface area contributed by atoms with E-state index in [0.717, 1.165) is 43.2 Å².